The number of nitrogens with zero attached hydrogens (tertiary/aromatic N) is 1. The van der Waals surface area contributed by atoms with Crippen molar-refractivity contribution in [3.8, 4) is 0 Å². The molecule has 19 heavy (non-hydrogen) atoms. The van der Waals surface area contributed by atoms with E-state index in [-0.39, 0.29) is 11.8 Å². The molecule has 0 aliphatic carbocycles. The van der Waals surface area contributed by atoms with Crippen LogP contribution in [-0.4, -0.2) is 35.3 Å². The van der Waals surface area contributed by atoms with Crippen molar-refractivity contribution in [2.45, 2.75) is 39.2 Å². The van der Waals surface area contributed by atoms with Crippen LogP contribution in [0.5, 0.6) is 0 Å². The number of thiophene rings is 1. The van der Waals surface area contributed by atoms with Gasteiger partial charge in [0.15, 0.2) is 0 Å². The summed E-state index contributed by atoms with van der Waals surface area (Å²) in [5, 5.41) is 2.87. The molecule has 1 aromatic heterocycles. The van der Waals surface area contributed by atoms with Gasteiger partial charge >= 0.3 is 0 Å². The third-order valence-electron chi connectivity index (χ3n) is 3.64. The number of aryl methyl sites for hydroxylation is 1. The maximum absolute atomic E-state index is 12.6. The predicted octanol–water partition coefficient (Wildman–Crippen LogP) is 2.19. The van der Waals surface area contributed by atoms with Gasteiger partial charge in [-0.3, -0.25) is 9.59 Å². The van der Waals surface area contributed by atoms with Gasteiger partial charge in [-0.05, 0) is 32.4 Å². The zero-order valence-electron chi connectivity index (χ0n) is 11.7. The maximum atomic E-state index is 12.6. The van der Waals surface area contributed by atoms with Crippen LogP contribution >= 0.6 is 11.3 Å². The molecule has 5 heteroatoms. The lowest BCUT2D eigenvalue weighted by Crippen LogP contribution is -2.64. The molecule has 1 aliphatic rings. The Hall–Kier alpha value is -1.36. The monoisotopic (exact) mass is 280 g/mol. The first kappa shape index (κ1) is 14.1. The molecule has 4 nitrogen and oxygen atoms in total. The SMILES string of the molecule is CCC[C@]1(C)C(=O)NCCN1C(=O)c1ccc(C)s1. The van der Waals surface area contributed by atoms with Gasteiger partial charge in [0.1, 0.15) is 5.54 Å². The molecule has 0 aromatic carbocycles. The molecule has 1 fully saturated rings. The molecule has 2 heterocycles. The zero-order chi connectivity index (χ0) is 14.0. The molecule has 1 N–H and O–H groups in total. The van der Waals surface area contributed by atoms with E-state index in [0.717, 1.165) is 16.2 Å². The van der Waals surface area contributed by atoms with E-state index in [1.165, 1.54) is 11.3 Å². The third kappa shape index (κ3) is 2.52. The van der Waals surface area contributed by atoms with Crippen molar-refractivity contribution in [3.05, 3.63) is 21.9 Å². The number of hydrogen-bond acceptors (Lipinski definition) is 3. The summed E-state index contributed by atoms with van der Waals surface area (Å²) in [7, 11) is 0. The summed E-state index contributed by atoms with van der Waals surface area (Å²) in [6, 6.07) is 3.79. The van der Waals surface area contributed by atoms with E-state index in [4.69, 9.17) is 0 Å². The standard InChI is InChI=1S/C14H20N2O2S/c1-4-7-14(3)13(18)15-8-9-16(14)12(17)11-6-5-10(2)19-11/h5-6H,4,7-9H2,1-3H3,(H,15,18)/t14-/m1/s1. The van der Waals surface area contributed by atoms with E-state index in [2.05, 4.69) is 5.32 Å². The second-order valence-electron chi connectivity index (χ2n) is 5.15. The zero-order valence-corrected chi connectivity index (χ0v) is 12.5. The minimum absolute atomic E-state index is 0.0242. The van der Waals surface area contributed by atoms with Crippen LogP contribution in [0.4, 0.5) is 0 Å². The third-order valence-corrected chi connectivity index (χ3v) is 4.63. The molecule has 0 unspecified atom stereocenters. The smallest absolute Gasteiger partial charge is 0.264 e. The summed E-state index contributed by atoms with van der Waals surface area (Å²) in [6.45, 7) is 7.00. The van der Waals surface area contributed by atoms with Crippen molar-refractivity contribution in [1.29, 1.82) is 0 Å². The maximum Gasteiger partial charge on any atom is 0.264 e. The van der Waals surface area contributed by atoms with Gasteiger partial charge < -0.3 is 10.2 Å². The van der Waals surface area contributed by atoms with Crippen molar-refractivity contribution in [1.82, 2.24) is 10.2 Å². The molecule has 2 rings (SSSR count). The first-order chi connectivity index (χ1) is 8.99. The Morgan fingerprint density at radius 1 is 1.53 bits per heavy atom. The van der Waals surface area contributed by atoms with Gasteiger partial charge in [-0.15, -0.1) is 11.3 Å². The number of nitrogens with one attached hydrogen (secondary N) is 1. The Labute approximate surface area is 117 Å². The van der Waals surface area contributed by atoms with Crippen LogP contribution in [0.15, 0.2) is 12.1 Å². The fraction of sp³-hybridized carbons (Fsp3) is 0.571. The number of carbonyl (C=O) groups excluding carboxylic acids is 2. The Morgan fingerprint density at radius 3 is 2.84 bits per heavy atom. The van der Waals surface area contributed by atoms with Crippen molar-refractivity contribution >= 4 is 23.2 Å². The van der Waals surface area contributed by atoms with Crippen molar-refractivity contribution in [3.63, 3.8) is 0 Å². The topological polar surface area (TPSA) is 49.4 Å². The van der Waals surface area contributed by atoms with E-state index in [0.29, 0.717) is 19.5 Å². The van der Waals surface area contributed by atoms with Crippen LogP contribution in [0.25, 0.3) is 0 Å². The molecule has 2 amide bonds. The normalized spacial score (nSPS) is 23.3. The lowest BCUT2D eigenvalue weighted by atomic mass is 9.90. The van der Waals surface area contributed by atoms with Crippen LogP contribution in [0, 0.1) is 6.92 Å². The number of piperazine rings is 1. The highest BCUT2D eigenvalue weighted by Gasteiger charge is 2.44. The number of hydrogen-bond donors (Lipinski definition) is 1. The van der Waals surface area contributed by atoms with E-state index >= 15 is 0 Å². The minimum Gasteiger partial charge on any atom is -0.352 e. The molecule has 1 atom stereocenters. The van der Waals surface area contributed by atoms with Crippen LogP contribution < -0.4 is 5.32 Å². The molecule has 0 radical (unpaired) electrons. The first-order valence-electron chi connectivity index (χ1n) is 6.65. The lowest BCUT2D eigenvalue weighted by molar-refractivity contribution is -0.134. The second-order valence-corrected chi connectivity index (χ2v) is 6.43. The quantitative estimate of drug-likeness (QED) is 0.922. The highest BCUT2D eigenvalue weighted by atomic mass is 32.1. The summed E-state index contributed by atoms with van der Waals surface area (Å²) in [5.74, 6) is -0.0638. The molecule has 1 aliphatic heterocycles. The van der Waals surface area contributed by atoms with Gasteiger partial charge in [0, 0.05) is 18.0 Å². The molecular weight excluding hydrogens is 260 g/mol. The van der Waals surface area contributed by atoms with Gasteiger partial charge in [0.2, 0.25) is 5.91 Å². The predicted molar refractivity (Wildman–Crippen MR) is 76.4 cm³/mol. The summed E-state index contributed by atoms with van der Waals surface area (Å²) in [4.78, 5) is 28.3. The van der Waals surface area contributed by atoms with Gasteiger partial charge in [-0.1, -0.05) is 13.3 Å². The highest BCUT2D eigenvalue weighted by molar-refractivity contribution is 7.13. The summed E-state index contributed by atoms with van der Waals surface area (Å²) < 4.78 is 0. The summed E-state index contributed by atoms with van der Waals surface area (Å²) >= 11 is 1.49. The van der Waals surface area contributed by atoms with Crippen LogP contribution in [0.3, 0.4) is 0 Å². The Bertz CT molecular complexity index is 497. The van der Waals surface area contributed by atoms with Gasteiger partial charge in [0.25, 0.3) is 5.91 Å². The van der Waals surface area contributed by atoms with E-state index in [1.54, 1.807) is 4.90 Å². The van der Waals surface area contributed by atoms with Crippen molar-refractivity contribution in [2.75, 3.05) is 13.1 Å². The van der Waals surface area contributed by atoms with Crippen LogP contribution in [0.1, 0.15) is 41.2 Å². The Balaban J connectivity index is 2.30. The molecule has 104 valence electrons. The minimum atomic E-state index is -0.720. The summed E-state index contributed by atoms with van der Waals surface area (Å²) in [5.41, 5.74) is -0.720. The van der Waals surface area contributed by atoms with Crippen LogP contribution in [0.2, 0.25) is 0 Å². The number of rotatable bonds is 3. The number of carbonyl (C=O) groups is 2. The van der Waals surface area contributed by atoms with Crippen molar-refractivity contribution in [2.24, 2.45) is 0 Å². The first-order valence-corrected chi connectivity index (χ1v) is 7.47. The van der Waals surface area contributed by atoms with E-state index in [9.17, 15) is 9.59 Å². The fourth-order valence-corrected chi connectivity index (χ4v) is 3.40. The van der Waals surface area contributed by atoms with Crippen molar-refractivity contribution < 1.29 is 9.59 Å². The Morgan fingerprint density at radius 2 is 2.26 bits per heavy atom. The summed E-state index contributed by atoms with van der Waals surface area (Å²) in [6.07, 6.45) is 1.56. The average molecular weight is 280 g/mol. The second kappa shape index (κ2) is 5.33. The molecule has 0 spiro atoms. The van der Waals surface area contributed by atoms with E-state index < -0.39 is 5.54 Å². The lowest BCUT2D eigenvalue weighted by Gasteiger charge is -2.43. The highest BCUT2D eigenvalue weighted by Crippen LogP contribution is 2.28. The molecule has 0 bridgehead atoms. The van der Waals surface area contributed by atoms with Crippen LogP contribution in [-0.2, 0) is 4.79 Å². The molecule has 0 saturated carbocycles. The Kier molecular flexibility index (Phi) is 3.94. The average Bonchev–Trinajstić information content (AvgIpc) is 2.79. The van der Waals surface area contributed by atoms with E-state index in [1.807, 2.05) is 32.9 Å². The van der Waals surface area contributed by atoms with Gasteiger partial charge in [-0.2, -0.15) is 0 Å². The molecule has 1 aromatic rings. The van der Waals surface area contributed by atoms with Gasteiger partial charge in [0.05, 0.1) is 4.88 Å². The van der Waals surface area contributed by atoms with Gasteiger partial charge in [-0.25, -0.2) is 0 Å². The molecule has 1 saturated heterocycles. The molecular formula is C14H20N2O2S. The number of amides is 2. The fourth-order valence-electron chi connectivity index (χ4n) is 2.58. The largest absolute Gasteiger partial charge is 0.352 e.